The number of carboxylic acid groups (broad SMARTS) is 1. The zero-order valence-corrected chi connectivity index (χ0v) is 13.2. The molecule has 0 aliphatic carbocycles. The maximum atomic E-state index is 10.8. The summed E-state index contributed by atoms with van der Waals surface area (Å²) in [6.45, 7) is 0. The Balaban J connectivity index is 0. The number of hydrogen-bond donors (Lipinski definition) is 7. The van der Waals surface area contributed by atoms with Gasteiger partial charge in [-0.25, -0.2) is 0 Å². The number of nitrogens with one attached hydrogen (secondary N) is 1. The van der Waals surface area contributed by atoms with Crippen LogP contribution in [-0.2, 0) is 18.7 Å². The van der Waals surface area contributed by atoms with Crippen molar-refractivity contribution in [1.82, 2.24) is 5.32 Å². The van der Waals surface area contributed by atoms with E-state index in [0.29, 0.717) is 0 Å². The van der Waals surface area contributed by atoms with Crippen molar-refractivity contribution in [2.75, 3.05) is 18.3 Å². The van der Waals surface area contributed by atoms with E-state index in [9.17, 15) is 18.7 Å². The number of rotatable bonds is 7. The third-order valence-corrected chi connectivity index (χ3v) is 3.41. The summed E-state index contributed by atoms with van der Waals surface area (Å²) in [5.41, 5.74) is 5.00. The lowest BCUT2D eigenvalue weighted by molar-refractivity contribution is -0.140. The topological polar surface area (TPSA) is 207 Å². The van der Waals surface area contributed by atoms with Crippen LogP contribution in [0.5, 0.6) is 0 Å². The number of carbonyl (C=O) groups excluding carboxylic acids is 1. The summed E-state index contributed by atoms with van der Waals surface area (Å²) in [7, 11) is -8.10. The molecule has 21 heavy (non-hydrogen) atoms. The molecule has 0 rings (SSSR count). The quantitative estimate of drug-likeness (QED) is 0.202. The van der Waals surface area contributed by atoms with Crippen LogP contribution in [0.15, 0.2) is 0 Å². The first-order valence-electron chi connectivity index (χ1n) is 5.18. The fourth-order valence-electron chi connectivity index (χ4n) is 0.660. The molecule has 0 spiro atoms. The highest BCUT2D eigenvalue weighted by Gasteiger charge is 2.19. The largest absolute Gasteiger partial charge is 0.480 e. The molecule has 0 unspecified atom stereocenters. The second-order valence-corrected chi connectivity index (χ2v) is 7.45. The molecule has 0 radical (unpaired) electrons. The molecule has 0 fully saturated rings. The number of amides is 1. The van der Waals surface area contributed by atoms with Crippen molar-refractivity contribution >= 4 is 38.7 Å². The Morgan fingerprint density at radius 2 is 1.62 bits per heavy atom. The first-order chi connectivity index (χ1) is 9.28. The van der Waals surface area contributed by atoms with E-state index in [1.807, 2.05) is 5.32 Å². The molecular weight excluding hydrogens is 353 g/mol. The van der Waals surface area contributed by atoms with Gasteiger partial charge in [-0.15, -0.1) is 11.6 Å². The van der Waals surface area contributed by atoms with Crippen molar-refractivity contribution < 1.29 is 43.4 Å². The van der Waals surface area contributed by atoms with Crippen LogP contribution in [0.2, 0.25) is 0 Å². The van der Waals surface area contributed by atoms with Gasteiger partial charge in [0.1, 0.15) is 12.3 Å². The van der Waals surface area contributed by atoms with Crippen LogP contribution in [0.3, 0.4) is 0 Å². The standard InChI is InChI=1S/C5H11N2O6P.C2H6ClO3P/c6-3(5(9)10)1-4(8)7-2-14(11,12)13;3-1-2-7(4,5)6/h3H,1-2,6H2,(H,7,8)(H,9,10)(H2,11,12,13);1-2H2,(H2,4,5,6)/t3-;/m1./s1. The summed E-state index contributed by atoms with van der Waals surface area (Å²) < 4.78 is 20.1. The predicted molar refractivity (Wildman–Crippen MR) is 72.9 cm³/mol. The van der Waals surface area contributed by atoms with Crippen LogP contribution in [0.25, 0.3) is 0 Å². The minimum Gasteiger partial charge on any atom is -0.480 e. The van der Waals surface area contributed by atoms with Crippen LogP contribution in [0.4, 0.5) is 0 Å². The summed E-state index contributed by atoms with van der Waals surface area (Å²) in [5, 5.41) is 10.2. The molecule has 0 aromatic rings. The van der Waals surface area contributed by atoms with Gasteiger partial charge in [0.25, 0.3) is 0 Å². The van der Waals surface area contributed by atoms with Crippen LogP contribution in [0, 0.1) is 0 Å². The molecule has 0 bridgehead atoms. The third kappa shape index (κ3) is 19.5. The lowest BCUT2D eigenvalue weighted by atomic mass is 10.2. The summed E-state index contributed by atoms with van der Waals surface area (Å²) in [6.07, 6.45) is -1.57. The highest BCUT2D eigenvalue weighted by atomic mass is 35.5. The highest BCUT2D eigenvalue weighted by molar-refractivity contribution is 7.52. The second-order valence-electron chi connectivity index (χ2n) is 3.65. The molecular formula is C7H17ClN2O9P2. The number of carbonyl (C=O) groups is 2. The van der Waals surface area contributed by atoms with E-state index < -0.39 is 45.8 Å². The highest BCUT2D eigenvalue weighted by Crippen LogP contribution is 2.33. The van der Waals surface area contributed by atoms with Gasteiger partial charge in [-0.2, -0.15) is 0 Å². The van der Waals surface area contributed by atoms with E-state index in [2.05, 4.69) is 0 Å². The molecule has 0 saturated heterocycles. The van der Waals surface area contributed by atoms with Gasteiger partial charge in [0.2, 0.25) is 5.91 Å². The summed E-state index contributed by atoms with van der Waals surface area (Å²) in [4.78, 5) is 53.8. The number of nitrogens with two attached hydrogens (primary N) is 1. The Hall–Kier alpha value is -0.510. The van der Waals surface area contributed by atoms with Crippen LogP contribution in [-0.4, -0.2) is 60.9 Å². The zero-order chi connectivity index (χ0) is 17.3. The Bertz CT molecular complexity index is 434. The van der Waals surface area contributed by atoms with E-state index in [1.165, 1.54) is 0 Å². The summed E-state index contributed by atoms with van der Waals surface area (Å²) in [6, 6.07) is -1.37. The van der Waals surface area contributed by atoms with Crippen LogP contribution >= 0.6 is 26.8 Å². The van der Waals surface area contributed by atoms with Crippen molar-refractivity contribution in [1.29, 1.82) is 0 Å². The molecule has 0 aromatic heterocycles. The Morgan fingerprint density at radius 1 is 1.14 bits per heavy atom. The van der Waals surface area contributed by atoms with Gasteiger partial charge in [-0.05, 0) is 0 Å². The smallest absolute Gasteiger partial charge is 0.344 e. The van der Waals surface area contributed by atoms with Gasteiger partial charge in [-0.1, -0.05) is 0 Å². The van der Waals surface area contributed by atoms with Gasteiger partial charge in [-0.3, -0.25) is 18.7 Å². The summed E-state index contributed by atoms with van der Waals surface area (Å²) in [5.74, 6) is -2.15. The van der Waals surface area contributed by atoms with E-state index in [-0.39, 0.29) is 12.0 Å². The summed E-state index contributed by atoms with van der Waals surface area (Å²) >= 11 is 4.99. The fraction of sp³-hybridized carbons (Fsp3) is 0.714. The molecule has 0 heterocycles. The Morgan fingerprint density at radius 3 is 1.86 bits per heavy atom. The number of hydrogen-bond acceptors (Lipinski definition) is 5. The second kappa shape index (κ2) is 10.3. The van der Waals surface area contributed by atoms with Crippen molar-refractivity contribution in [3.63, 3.8) is 0 Å². The number of alkyl halides is 1. The number of halogens is 1. The van der Waals surface area contributed by atoms with Crippen molar-refractivity contribution in [3.05, 3.63) is 0 Å². The Labute approximate surface area is 124 Å². The first-order valence-corrected chi connectivity index (χ1v) is 9.31. The first kappa shape index (κ1) is 22.8. The van der Waals surface area contributed by atoms with Crippen molar-refractivity contribution in [3.8, 4) is 0 Å². The fourth-order valence-corrected chi connectivity index (χ4v) is 1.92. The number of aliphatic carboxylic acids is 1. The molecule has 8 N–H and O–H groups in total. The van der Waals surface area contributed by atoms with Gasteiger partial charge < -0.3 is 35.7 Å². The molecule has 1 atom stereocenters. The SMILES string of the molecule is N[C@H](CC(=O)NCP(=O)(O)O)C(=O)O.O=P(O)(O)CCCl. The van der Waals surface area contributed by atoms with E-state index >= 15 is 0 Å². The average Bonchev–Trinajstić information content (AvgIpc) is 2.24. The molecule has 126 valence electrons. The number of carboxylic acids is 1. The predicted octanol–water partition coefficient (Wildman–Crippen LogP) is -1.56. The minimum absolute atomic E-state index is 0.0181. The molecule has 0 aromatic carbocycles. The molecule has 0 saturated carbocycles. The van der Waals surface area contributed by atoms with E-state index in [0.717, 1.165) is 0 Å². The van der Waals surface area contributed by atoms with Gasteiger partial charge >= 0.3 is 21.2 Å². The Kier molecular flexibility index (Phi) is 11.1. The normalized spacial score (nSPS) is 12.9. The van der Waals surface area contributed by atoms with E-state index in [4.69, 9.17) is 42.0 Å². The van der Waals surface area contributed by atoms with Crippen LogP contribution < -0.4 is 11.1 Å². The monoisotopic (exact) mass is 370 g/mol. The molecule has 14 heteroatoms. The van der Waals surface area contributed by atoms with Gasteiger partial charge in [0.05, 0.1) is 12.6 Å². The molecule has 0 aliphatic heterocycles. The van der Waals surface area contributed by atoms with Crippen molar-refractivity contribution in [2.45, 2.75) is 12.5 Å². The molecule has 1 amide bonds. The van der Waals surface area contributed by atoms with Gasteiger partial charge in [0.15, 0.2) is 0 Å². The average molecular weight is 371 g/mol. The lowest BCUT2D eigenvalue weighted by Gasteiger charge is -2.08. The maximum Gasteiger partial charge on any atom is 0.344 e. The van der Waals surface area contributed by atoms with Gasteiger partial charge in [0, 0.05) is 5.88 Å². The van der Waals surface area contributed by atoms with Crippen LogP contribution in [0.1, 0.15) is 6.42 Å². The lowest BCUT2D eigenvalue weighted by Crippen LogP contribution is -2.37. The zero-order valence-electron chi connectivity index (χ0n) is 10.6. The third-order valence-electron chi connectivity index (χ3n) is 1.58. The van der Waals surface area contributed by atoms with E-state index in [1.54, 1.807) is 0 Å². The maximum absolute atomic E-state index is 10.8. The molecule has 11 nitrogen and oxygen atoms in total. The van der Waals surface area contributed by atoms with Crippen molar-refractivity contribution in [2.24, 2.45) is 5.73 Å². The molecule has 0 aliphatic rings. The minimum atomic E-state index is -4.31.